The summed E-state index contributed by atoms with van der Waals surface area (Å²) in [6, 6.07) is 6.00. The van der Waals surface area contributed by atoms with Gasteiger partial charge in [-0.05, 0) is 38.5 Å². The van der Waals surface area contributed by atoms with Gasteiger partial charge in [-0.2, -0.15) is 0 Å². The summed E-state index contributed by atoms with van der Waals surface area (Å²) in [7, 11) is 0. The molecule has 22 heavy (non-hydrogen) atoms. The minimum atomic E-state index is -1.05. The summed E-state index contributed by atoms with van der Waals surface area (Å²) in [5.74, 6) is -1.36. The molecule has 0 aliphatic carbocycles. The van der Waals surface area contributed by atoms with E-state index in [9.17, 15) is 9.59 Å². The van der Waals surface area contributed by atoms with Crippen LogP contribution in [0.2, 0.25) is 0 Å². The number of amides is 1. The number of aromatic nitrogens is 1. The van der Waals surface area contributed by atoms with Crippen LogP contribution in [0.4, 0.5) is 0 Å². The number of aromatic carboxylic acids is 1. The van der Waals surface area contributed by atoms with Crippen LogP contribution < -0.4 is 5.32 Å². The molecule has 0 fully saturated rings. The molecule has 2 aromatic rings. The first kappa shape index (κ1) is 16.2. The number of aryl methyl sites for hydroxylation is 1. The maximum atomic E-state index is 12.4. The lowest BCUT2D eigenvalue weighted by Crippen LogP contribution is -2.43. The predicted molar refractivity (Wildman–Crippen MR) is 85.4 cm³/mol. The molecule has 6 heteroatoms. The molecule has 0 spiro atoms. The van der Waals surface area contributed by atoms with Crippen LogP contribution in [0, 0.1) is 6.92 Å². The summed E-state index contributed by atoms with van der Waals surface area (Å²) in [6.07, 6.45) is 0.685. The number of carboxylic acids is 1. The van der Waals surface area contributed by atoms with Gasteiger partial charge in [0.15, 0.2) is 0 Å². The Bertz CT molecular complexity index is 711. The van der Waals surface area contributed by atoms with Crippen molar-refractivity contribution in [2.75, 3.05) is 0 Å². The summed E-state index contributed by atoms with van der Waals surface area (Å²) in [4.78, 5) is 27.9. The Morgan fingerprint density at radius 3 is 2.59 bits per heavy atom. The SMILES string of the molecule is CC[C@](C)(NC(=O)c1cccc(C(=O)O)c1)c1nc(C)cs1. The molecule has 0 saturated carbocycles. The normalized spacial score (nSPS) is 13.4. The number of carbonyl (C=O) groups excluding carboxylic acids is 1. The third-order valence-corrected chi connectivity index (χ3v) is 4.78. The van der Waals surface area contributed by atoms with Gasteiger partial charge in [0.2, 0.25) is 0 Å². The fraction of sp³-hybridized carbons (Fsp3) is 0.312. The van der Waals surface area contributed by atoms with E-state index in [1.807, 2.05) is 26.2 Å². The smallest absolute Gasteiger partial charge is 0.335 e. The molecule has 2 rings (SSSR count). The van der Waals surface area contributed by atoms with Crippen LogP contribution in [-0.4, -0.2) is 22.0 Å². The van der Waals surface area contributed by atoms with E-state index in [4.69, 9.17) is 5.11 Å². The number of rotatable bonds is 5. The maximum absolute atomic E-state index is 12.4. The van der Waals surface area contributed by atoms with Crippen molar-refractivity contribution in [3.8, 4) is 0 Å². The lowest BCUT2D eigenvalue weighted by atomic mass is 9.98. The number of benzene rings is 1. The molecular weight excluding hydrogens is 300 g/mol. The molecular formula is C16H18N2O3S. The summed E-state index contributed by atoms with van der Waals surface area (Å²) in [6.45, 7) is 5.81. The Kier molecular flexibility index (Phi) is 4.61. The van der Waals surface area contributed by atoms with Crippen molar-refractivity contribution in [1.82, 2.24) is 10.3 Å². The molecule has 0 unspecified atom stereocenters. The van der Waals surface area contributed by atoms with E-state index in [0.29, 0.717) is 12.0 Å². The van der Waals surface area contributed by atoms with Crippen LogP contribution in [0.1, 0.15) is 51.7 Å². The van der Waals surface area contributed by atoms with Gasteiger partial charge in [-0.1, -0.05) is 13.0 Å². The number of nitrogens with one attached hydrogen (secondary N) is 1. The summed E-state index contributed by atoms with van der Waals surface area (Å²) >= 11 is 1.51. The van der Waals surface area contributed by atoms with E-state index in [1.165, 1.54) is 23.5 Å². The molecule has 116 valence electrons. The Balaban J connectivity index is 2.26. The zero-order valence-electron chi connectivity index (χ0n) is 12.7. The van der Waals surface area contributed by atoms with Gasteiger partial charge in [0.05, 0.1) is 11.1 Å². The van der Waals surface area contributed by atoms with Crippen molar-refractivity contribution in [3.05, 3.63) is 51.5 Å². The average molecular weight is 318 g/mol. The van der Waals surface area contributed by atoms with E-state index in [0.717, 1.165) is 10.7 Å². The first-order valence-corrected chi connectivity index (χ1v) is 7.82. The average Bonchev–Trinajstić information content (AvgIpc) is 2.94. The molecule has 0 bridgehead atoms. The Morgan fingerprint density at radius 2 is 2.05 bits per heavy atom. The first-order valence-electron chi connectivity index (χ1n) is 6.94. The number of hydrogen-bond donors (Lipinski definition) is 2. The van der Waals surface area contributed by atoms with Gasteiger partial charge in [-0.3, -0.25) is 4.79 Å². The Morgan fingerprint density at radius 1 is 1.36 bits per heavy atom. The highest BCUT2D eigenvalue weighted by Crippen LogP contribution is 2.28. The Hall–Kier alpha value is -2.21. The lowest BCUT2D eigenvalue weighted by molar-refractivity contribution is 0.0697. The molecule has 5 nitrogen and oxygen atoms in total. The van der Waals surface area contributed by atoms with Gasteiger partial charge >= 0.3 is 5.97 Å². The van der Waals surface area contributed by atoms with E-state index in [-0.39, 0.29) is 11.5 Å². The number of nitrogens with zero attached hydrogens (tertiary/aromatic N) is 1. The van der Waals surface area contributed by atoms with Crippen LogP contribution >= 0.6 is 11.3 Å². The van der Waals surface area contributed by atoms with Gasteiger partial charge in [-0.25, -0.2) is 9.78 Å². The van der Waals surface area contributed by atoms with Crippen LogP contribution in [0.5, 0.6) is 0 Å². The number of carbonyl (C=O) groups is 2. The second kappa shape index (κ2) is 6.27. The topological polar surface area (TPSA) is 79.3 Å². The third-order valence-electron chi connectivity index (χ3n) is 3.56. The number of carboxylic acid groups (broad SMARTS) is 1. The highest BCUT2D eigenvalue weighted by molar-refractivity contribution is 7.09. The summed E-state index contributed by atoms with van der Waals surface area (Å²) in [5.41, 5.74) is 0.764. The zero-order valence-corrected chi connectivity index (χ0v) is 13.5. The number of thiazole rings is 1. The monoisotopic (exact) mass is 318 g/mol. The molecule has 2 N–H and O–H groups in total. The molecule has 0 aliphatic rings. The predicted octanol–water partition coefficient (Wildman–Crippen LogP) is 3.20. The molecule has 0 aliphatic heterocycles. The maximum Gasteiger partial charge on any atom is 0.335 e. The van der Waals surface area contributed by atoms with Crippen molar-refractivity contribution in [1.29, 1.82) is 0 Å². The number of hydrogen-bond acceptors (Lipinski definition) is 4. The van der Waals surface area contributed by atoms with Gasteiger partial charge in [0.25, 0.3) is 5.91 Å². The second-order valence-electron chi connectivity index (χ2n) is 5.32. The molecule has 1 atom stereocenters. The van der Waals surface area contributed by atoms with Crippen LogP contribution in [0.25, 0.3) is 0 Å². The van der Waals surface area contributed by atoms with Crippen molar-refractivity contribution in [3.63, 3.8) is 0 Å². The van der Waals surface area contributed by atoms with Crippen LogP contribution in [0.3, 0.4) is 0 Å². The highest BCUT2D eigenvalue weighted by Gasteiger charge is 2.30. The fourth-order valence-electron chi connectivity index (χ4n) is 2.02. The molecule has 1 amide bonds. The molecule has 0 saturated heterocycles. The minimum Gasteiger partial charge on any atom is -0.478 e. The zero-order chi connectivity index (χ0) is 16.3. The minimum absolute atomic E-state index is 0.0935. The van der Waals surface area contributed by atoms with Gasteiger partial charge in [0.1, 0.15) is 5.01 Å². The van der Waals surface area contributed by atoms with E-state index in [2.05, 4.69) is 10.3 Å². The summed E-state index contributed by atoms with van der Waals surface area (Å²) < 4.78 is 0. The Labute approximate surface area is 133 Å². The summed E-state index contributed by atoms with van der Waals surface area (Å²) in [5, 5.41) is 14.8. The molecule has 1 heterocycles. The van der Waals surface area contributed by atoms with Crippen LogP contribution in [-0.2, 0) is 5.54 Å². The van der Waals surface area contributed by atoms with E-state index in [1.54, 1.807) is 12.1 Å². The molecule has 0 radical (unpaired) electrons. The highest BCUT2D eigenvalue weighted by atomic mass is 32.1. The van der Waals surface area contributed by atoms with Crippen molar-refractivity contribution in [2.24, 2.45) is 0 Å². The van der Waals surface area contributed by atoms with Crippen molar-refractivity contribution < 1.29 is 14.7 Å². The van der Waals surface area contributed by atoms with E-state index >= 15 is 0 Å². The first-order chi connectivity index (χ1) is 10.4. The molecule has 1 aromatic heterocycles. The van der Waals surface area contributed by atoms with Gasteiger partial charge < -0.3 is 10.4 Å². The largest absolute Gasteiger partial charge is 0.478 e. The van der Waals surface area contributed by atoms with Crippen LogP contribution in [0.15, 0.2) is 29.6 Å². The fourth-order valence-corrected chi connectivity index (χ4v) is 3.00. The quantitative estimate of drug-likeness (QED) is 0.887. The van der Waals surface area contributed by atoms with E-state index < -0.39 is 11.5 Å². The van der Waals surface area contributed by atoms with Gasteiger partial charge in [0, 0.05) is 16.6 Å². The van der Waals surface area contributed by atoms with Crippen molar-refractivity contribution in [2.45, 2.75) is 32.7 Å². The second-order valence-corrected chi connectivity index (χ2v) is 6.18. The lowest BCUT2D eigenvalue weighted by Gasteiger charge is -2.27. The standard InChI is InChI=1S/C16H18N2O3S/c1-4-16(3,15-17-10(2)9-22-15)18-13(19)11-6-5-7-12(8-11)14(20)21/h5-9H,4H2,1-3H3,(H,18,19)(H,20,21)/t16-/m0/s1. The molecule has 1 aromatic carbocycles. The van der Waals surface area contributed by atoms with Crippen molar-refractivity contribution >= 4 is 23.2 Å². The van der Waals surface area contributed by atoms with Gasteiger partial charge in [-0.15, -0.1) is 11.3 Å². The third kappa shape index (κ3) is 3.33.